The van der Waals surface area contributed by atoms with Crippen LogP contribution in [0.5, 0.6) is 0 Å². The van der Waals surface area contributed by atoms with E-state index < -0.39 is 24.4 Å². The molecule has 1 aliphatic heterocycles. The maximum absolute atomic E-state index is 12.5. The van der Waals surface area contributed by atoms with Crippen molar-refractivity contribution in [2.45, 2.75) is 121 Å². The number of ether oxygens (including phenoxy) is 6. The lowest BCUT2D eigenvalue weighted by Crippen LogP contribution is -2.62. The minimum atomic E-state index is -0.466. The number of hydrogen-bond acceptors (Lipinski definition) is 7. The third-order valence-electron chi connectivity index (χ3n) is 11.2. The predicted molar refractivity (Wildman–Crippen MR) is 215 cm³/mol. The van der Waals surface area contributed by atoms with E-state index >= 15 is 0 Å². The Morgan fingerprint density at radius 3 is 1.56 bits per heavy atom. The highest BCUT2D eigenvalue weighted by Crippen LogP contribution is 2.38. The van der Waals surface area contributed by atoms with Crippen molar-refractivity contribution in [3.8, 4) is 0 Å². The van der Waals surface area contributed by atoms with Gasteiger partial charge in [-0.3, -0.25) is 4.79 Å². The molecule has 0 radical (unpaired) electrons. The summed E-state index contributed by atoms with van der Waals surface area (Å²) in [5.41, 5.74) is 4.38. The van der Waals surface area contributed by atoms with E-state index in [9.17, 15) is 4.79 Å². The third-order valence-corrected chi connectivity index (χ3v) is 11.2. The summed E-state index contributed by atoms with van der Waals surface area (Å²) in [6.07, 6.45) is 8.21. The number of benzene rings is 4. The summed E-state index contributed by atoms with van der Waals surface area (Å²) < 4.78 is 40.0. The molecule has 6 rings (SSSR count). The van der Waals surface area contributed by atoms with Crippen LogP contribution >= 0.6 is 0 Å². The second-order valence-electron chi connectivity index (χ2n) is 15.3. The van der Waals surface area contributed by atoms with E-state index in [1.807, 2.05) is 60.7 Å². The summed E-state index contributed by atoms with van der Waals surface area (Å²) in [6.45, 7) is 2.06. The summed E-state index contributed by atoms with van der Waals surface area (Å²) in [5, 5.41) is 0. The first-order valence-electron chi connectivity index (χ1n) is 20.5. The zero-order valence-corrected chi connectivity index (χ0v) is 32.6. The van der Waals surface area contributed by atoms with Crippen LogP contribution in [0, 0.1) is 11.8 Å². The summed E-state index contributed by atoms with van der Waals surface area (Å²) in [5.74, 6) is 0.337. The number of methoxy groups -OCH3 is 1. The molecule has 4 aromatic carbocycles. The van der Waals surface area contributed by atoms with Crippen molar-refractivity contribution < 1.29 is 33.2 Å². The smallest absolute Gasteiger partial charge is 0.305 e. The number of carbonyl (C=O) groups excluding carboxylic acids is 1. The van der Waals surface area contributed by atoms with Crippen molar-refractivity contribution in [1.82, 2.24) is 0 Å². The zero-order chi connectivity index (χ0) is 37.9. The Balaban J connectivity index is 1.34. The van der Waals surface area contributed by atoms with Crippen molar-refractivity contribution in [2.75, 3.05) is 13.7 Å². The highest BCUT2D eigenvalue weighted by atomic mass is 16.6. The monoisotopic (exact) mass is 748 g/mol. The summed E-state index contributed by atoms with van der Waals surface area (Å²) in [4.78, 5) is 12.5. The predicted octanol–water partition coefficient (Wildman–Crippen LogP) is 10.0. The molecule has 0 N–H and O–H groups in total. The molecule has 55 heavy (non-hydrogen) atoms. The highest BCUT2D eigenvalue weighted by Gasteiger charge is 2.50. The first-order valence-corrected chi connectivity index (χ1v) is 20.5. The molecular formula is C48H60O7. The van der Waals surface area contributed by atoms with Gasteiger partial charge in [-0.25, -0.2) is 0 Å². The molecule has 4 aromatic rings. The van der Waals surface area contributed by atoms with E-state index in [2.05, 4.69) is 60.7 Å². The summed E-state index contributed by atoms with van der Waals surface area (Å²) in [7, 11) is 1.49. The van der Waals surface area contributed by atoms with Crippen molar-refractivity contribution >= 4 is 5.97 Å². The number of esters is 1. The second kappa shape index (κ2) is 22.6. The van der Waals surface area contributed by atoms with Crippen LogP contribution in [0.4, 0.5) is 0 Å². The largest absolute Gasteiger partial charge is 0.469 e. The van der Waals surface area contributed by atoms with Crippen LogP contribution in [-0.2, 0) is 59.6 Å². The van der Waals surface area contributed by atoms with Gasteiger partial charge < -0.3 is 28.4 Å². The molecule has 0 amide bonds. The Hall–Kier alpha value is -3.85. The van der Waals surface area contributed by atoms with Gasteiger partial charge in [0.1, 0.15) is 24.4 Å². The van der Waals surface area contributed by atoms with E-state index in [-0.39, 0.29) is 23.9 Å². The van der Waals surface area contributed by atoms with Gasteiger partial charge in [-0.1, -0.05) is 153 Å². The fourth-order valence-corrected chi connectivity index (χ4v) is 8.16. The first kappa shape index (κ1) is 40.8. The van der Waals surface area contributed by atoms with Gasteiger partial charge in [0.15, 0.2) is 0 Å². The van der Waals surface area contributed by atoms with Gasteiger partial charge in [0, 0.05) is 6.42 Å². The third kappa shape index (κ3) is 13.1. The second-order valence-corrected chi connectivity index (χ2v) is 15.3. The molecular weight excluding hydrogens is 689 g/mol. The lowest BCUT2D eigenvalue weighted by molar-refractivity contribution is -0.282. The van der Waals surface area contributed by atoms with Gasteiger partial charge in [0.05, 0.1) is 46.2 Å². The van der Waals surface area contributed by atoms with Crippen LogP contribution < -0.4 is 0 Å². The molecule has 1 saturated carbocycles. The van der Waals surface area contributed by atoms with Crippen LogP contribution in [0.2, 0.25) is 0 Å². The minimum absolute atomic E-state index is 0.127. The molecule has 1 heterocycles. The zero-order valence-electron chi connectivity index (χ0n) is 32.6. The number of rotatable bonds is 16. The maximum Gasteiger partial charge on any atom is 0.305 e. The molecule has 7 heteroatoms. The van der Waals surface area contributed by atoms with E-state index in [1.54, 1.807) is 0 Å². The Morgan fingerprint density at radius 2 is 1.02 bits per heavy atom. The average molecular weight is 749 g/mol. The lowest BCUT2D eigenvalue weighted by atomic mass is 9.80. The van der Waals surface area contributed by atoms with Gasteiger partial charge in [-0.2, -0.15) is 0 Å². The number of carbonyl (C=O) groups is 1. The van der Waals surface area contributed by atoms with E-state index in [4.69, 9.17) is 28.4 Å². The van der Waals surface area contributed by atoms with E-state index in [1.165, 1.54) is 26.4 Å². The summed E-state index contributed by atoms with van der Waals surface area (Å²) in [6, 6.07) is 41.2. The quantitative estimate of drug-likeness (QED) is 0.106. The van der Waals surface area contributed by atoms with Crippen molar-refractivity contribution in [3.05, 3.63) is 144 Å². The normalized spacial score (nSPS) is 25.1. The maximum atomic E-state index is 12.5. The number of hydrogen-bond donors (Lipinski definition) is 0. The fourth-order valence-electron chi connectivity index (χ4n) is 8.16. The Morgan fingerprint density at radius 1 is 0.545 bits per heavy atom. The van der Waals surface area contributed by atoms with Gasteiger partial charge in [0.2, 0.25) is 0 Å². The first-order chi connectivity index (χ1) is 27.2. The topological polar surface area (TPSA) is 72.5 Å². The minimum Gasteiger partial charge on any atom is -0.469 e. The van der Waals surface area contributed by atoms with Crippen molar-refractivity contribution in [3.63, 3.8) is 0 Å². The van der Waals surface area contributed by atoms with Crippen LogP contribution in [0.3, 0.4) is 0 Å². The molecule has 7 unspecified atom stereocenters. The molecule has 0 aromatic heterocycles. The average Bonchev–Trinajstić information content (AvgIpc) is 3.28. The molecule has 7 atom stereocenters. The Bertz CT molecular complexity index is 1620. The van der Waals surface area contributed by atoms with Crippen LogP contribution in [0.15, 0.2) is 121 Å². The van der Waals surface area contributed by atoms with E-state index in [0.29, 0.717) is 39.5 Å². The SMILES string of the molecule is COC(=O)CC1CCCCCCCC(C2OC(COCc3ccccc3)C(OCc3ccccc3)C(OCc3ccccc3)C2OCc2ccccc2)CC1. The van der Waals surface area contributed by atoms with Crippen LogP contribution in [0.25, 0.3) is 0 Å². The Kier molecular flexibility index (Phi) is 16.8. The van der Waals surface area contributed by atoms with Crippen LogP contribution in [0.1, 0.15) is 86.5 Å². The van der Waals surface area contributed by atoms with Gasteiger partial charge >= 0.3 is 5.97 Å². The summed E-state index contributed by atoms with van der Waals surface area (Å²) >= 11 is 0. The molecule has 7 nitrogen and oxygen atoms in total. The fraction of sp³-hybridized carbons (Fsp3) is 0.479. The highest BCUT2D eigenvalue weighted by molar-refractivity contribution is 5.69. The van der Waals surface area contributed by atoms with Crippen molar-refractivity contribution in [1.29, 1.82) is 0 Å². The molecule has 2 fully saturated rings. The lowest BCUT2D eigenvalue weighted by Gasteiger charge is -2.48. The van der Waals surface area contributed by atoms with E-state index in [0.717, 1.165) is 60.8 Å². The molecule has 1 saturated heterocycles. The van der Waals surface area contributed by atoms with Gasteiger partial charge in [-0.05, 0) is 59.8 Å². The van der Waals surface area contributed by atoms with Crippen molar-refractivity contribution in [2.24, 2.45) is 11.8 Å². The molecule has 1 aliphatic carbocycles. The van der Waals surface area contributed by atoms with Gasteiger partial charge in [0.25, 0.3) is 0 Å². The standard InChI is InChI=1S/C48H60O7/c1-50-44(49)31-37-19-9-3-2-4-18-28-42(30-29-37)45-47(53-34-40-24-14-7-15-25-40)48(54-35-41-26-16-8-17-27-41)46(52-33-39-22-12-6-13-23-39)43(55-45)36-51-32-38-20-10-5-11-21-38/h5-8,10-17,20-27,37,42-43,45-48H,2-4,9,18-19,28-36H2,1H3. The Labute approximate surface area is 328 Å². The molecule has 2 aliphatic rings. The van der Waals surface area contributed by atoms with Crippen LogP contribution in [-0.4, -0.2) is 50.2 Å². The van der Waals surface area contributed by atoms with Gasteiger partial charge in [-0.15, -0.1) is 0 Å². The molecule has 0 bridgehead atoms. The molecule has 0 spiro atoms. The molecule has 294 valence electrons.